The van der Waals surface area contributed by atoms with Gasteiger partial charge in [-0.15, -0.1) is 0 Å². The summed E-state index contributed by atoms with van der Waals surface area (Å²) in [6.45, 7) is 6.48. The first-order chi connectivity index (χ1) is 20.2. The molecule has 230 valence electrons. The Morgan fingerprint density at radius 1 is 0.952 bits per heavy atom. The molecule has 1 aromatic heterocycles. The largest absolute Gasteiger partial charge is 0.480 e. The fraction of sp³-hybridized carbons (Fsp3) is 0.455. The lowest BCUT2D eigenvalue weighted by Gasteiger charge is -2.24. The number of nitrogens with one attached hydrogen (secondary N) is 2. The lowest BCUT2D eigenvalue weighted by molar-refractivity contribution is -0.141. The molecular formula is C33H47N3O4S2. The maximum atomic E-state index is 12.3. The van der Waals surface area contributed by atoms with E-state index in [2.05, 4.69) is 83.3 Å². The first-order valence-corrected chi connectivity index (χ1v) is 16.8. The summed E-state index contributed by atoms with van der Waals surface area (Å²) in [5, 5.41) is 15.1. The van der Waals surface area contributed by atoms with E-state index in [1.54, 1.807) is 18.3 Å². The molecule has 1 rings (SSSR count). The van der Waals surface area contributed by atoms with Crippen LogP contribution in [0.1, 0.15) is 82.5 Å². The van der Waals surface area contributed by atoms with E-state index >= 15 is 0 Å². The van der Waals surface area contributed by atoms with Crippen molar-refractivity contribution in [3.63, 3.8) is 0 Å². The SMILES string of the molecule is CC/C=C\C/C=C\C/C=C\C/C=C\C/C=C\CCCC(=O)NC(CSSC(C)(C)CNC(=O)c1cccnc1)C(=O)O. The van der Waals surface area contributed by atoms with Gasteiger partial charge in [-0.3, -0.25) is 14.6 Å². The van der Waals surface area contributed by atoms with Gasteiger partial charge < -0.3 is 15.7 Å². The van der Waals surface area contributed by atoms with Crippen LogP contribution in [0.25, 0.3) is 0 Å². The van der Waals surface area contributed by atoms with E-state index in [9.17, 15) is 19.5 Å². The molecule has 0 radical (unpaired) electrons. The van der Waals surface area contributed by atoms with Crippen LogP contribution >= 0.6 is 21.6 Å². The lowest BCUT2D eigenvalue weighted by atomic mass is 10.2. The van der Waals surface area contributed by atoms with Crippen molar-refractivity contribution in [3.05, 3.63) is 90.9 Å². The van der Waals surface area contributed by atoms with Crippen LogP contribution in [0.3, 0.4) is 0 Å². The Kier molecular flexibility index (Phi) is 20.7. The van der Waals surface area contributed by atoms with Gasteiger partial charge in [0.25, 0.3) is 5.91 Å². The highest BCUT2D eigenvalue weighted by molar-refractivity contribution is 8.77. The van der Waals surface area contributed by atoms with Gasteiger partial charge >= 0.3 is 5.97 Å². The third kappa shape index (κ3) is 19.9. The maximum Gasteiger partial charge on any atom is 0.327 e. The third-order valence-corrected chi connectivity index (χ3v) is 8.98. The Bertz CT molecular complexity index is 1070. The number of carbonyl (C=O) groups is 3. The first kappa shape index (κ1) is 37.0. The zero-order valence-electron chi connectivity index (χ0n) is 25.2. The number of carboxylic acids is 1. The molecule has 9 heteroatoms. The van der Waals surface area contributed by atoms with Crippen LogP contribution in [0.2, 0.25) is 0 Å². The van der Waals surface area contributed by atoms with Gasteiger partial charge in [-0.25, -0.2) is 4.79 Å². The number of pyridine rings is 1. The van der Waals surface area contributed by atoms with Crippen LogP contribution in [0.15, 0.2) is 85.3 Å². The van der Waals surface area contributed by atoms with Gasteiger partial charge in [0.05, 0.1) is 5.56 Å². The number of aliphatic carboxylic acids is 1. The topological polar surface area (TPSA) is 108 Å². The summed E-state index contributed by atoms with van der Waals surface area (Å²) in [7, 11) is 2.85. The Hall–Kier alpha value is -3.04. The predicted octanol–water partition coefficient (Wildman–Crippen LogP) is 7.46. The van der Waals surface area contributed by atoms with E-state index in [1.807, 2.05) is 13.8 Å². The van der Waals surface area contributed by atoms with Crippen molar-refractivity contribution in [1.29, 1.82) is 0 Å². The lowest BCUT2D eigenvalue weighted by Crippen LogP contribution is -2.42. The Balaban J connectivity index is 2.19. The summed E-state index contributed by atoms with van der Waals surface area (Å²) in [6.07, 6.45) is 31.1. The highest BCUT2D eigenvalue weighted by Crippen LogP contribution is 2.35. The molecule has 42 heavy (non-hydrogen) atoms. The van der Waals surface area contributed by atoms with Gasteiger partial charge in [-0.1, -0.05) is 89.3 Å². The van der Waals surface area contributed by atoms with Crippen molar-refractivity contribution >= 4 is 39.4 Å². The van der Waals surface area contributed by atoms with Crippen molar-refractivity contribution in [2.24, 2.45) is 0 Å². The molecule has 1 unspecified atom stereocenters. The summed E-state index contributed by atoms with van der Waals surface area (Å²) >= 11 is 0. The van der Waals surface area contributed by atoms with Crippen LogP contribution < -0.4 is 10.6 Å². The van der Waals surface area contributed by atoms with Crippen molar-refractivity contribution in [3.8, 4) is 0 Å². The summed E-state index contributed by atoms with van der Waals surface area (Å²) < 4.78 is -0.336. The molecule has 2 amide bonds. The second kappa shape index (κ2) is 23.5. The van der Waals surface area contributed by atoms with E-state index in [-0.39, 0.29) is 28.7 Å². The van der Waals surface area contributed by atoms with Gasteiger partial charge in [0.2, 0.25) is 5.91 Å². The van der Waals surface area contributed by atoms with E-state index < -0.39 is 12.0 Å². The van der Waals surface area contributed by atoms with Crippen molar-refractivity contribution in [2.75, 3.05) is 12.3 Å². The van der Waals surface area contributed by atoms with Gasteiger partial charge in [0.1, 0.15) is 6.04 Å². The van der Waals surface area contributed by atoms with Crippen molar-refractivity contribution in [2.45, 2.75) is 82.9 Å². The van der Waals surface area contributed by atoms with Crippen molar-refractivity contribution < 1.29 is 19.5 Å². The molecule has 3 N–H and O–H groups in total. The molecule has 1 heterocycles. The minimum absolute atomic E-state index is 0.206. The number of rotatable bonds is 22. The molecule has 0 aliphatic heterocycles. The quantitative estimate of drug-likeness (QED) is 0.0707. The minimum atomic E-state index is -1.06. The summed E-state index contributed by atoms with van der Waals surface area (Å²) in [4.78, 5) is 40.2. The van der Waals surface area contributed by atoms with Gasteiger partial charge in [-0.2, -0.15) is 0 Å². The molecule has 0 bridgehead atoms. The molecule has 1 aromatic rings. The van der Waals surface area contributed by atoms with Crippen LogP contribution in [-0.2, 0) is 9.59 Å². The Labute approximate surface area is 259 Å². The van der Waals surface area contributed by atoms with Crippen LogP contribution in [0, 0.1) is 0 Å². The average Bonchev–Trinajstić information content (AvgIpc) is 2.97. The second-order valence-corrected chi connectivity index (χ2v) is 13.2. The molecule has 0 saturated heterocycles. The summed E-state index contributed by atoms with van der Waals surface area (Å²) in [5.74, 6) is -1.30. The first-order valence-electron chi connectivity index (χ1n) is 14.5. The fourth-order valence-corrected chi connectivity index (χ4v) is 6.00. The Morgan fingerprint density at radius 2 is 1.55 bits per heavy atom. The zero-order valence-corrected chi connectivity index (χ0v) is 26.8. The number of aromatic nitrogens is 1. The highest BCUT2D eigenvalue weighted by Gasteiger charge is 2.24. The number of hydrogen-bond acceptors (Lipinski definition) is 6. The fourth-order valence-electron chi connectivity index (χ4n) is 3.37. The molecule has 0 saturated carbocycles. The minimum Gasteiger partial charge on any atom is -0.480 e. The van der Waals surface area contributed by atoms with Gasteiger partial charge in [-0.05, 0) is 70.9 Å². The number of allylic oxidation sites excluding steroid dienone is 10. The second-order valence-electron chi connectivity index (χ2n) is 10.1. The number of amides is 2. The normalized spacial score (nSPS) is 13.1. The molecule has 1 atom stereocenters. The monoisotopic (exact) mass is 613 g/mol. The molecule has 0 aliphatic carbocycles. The van der Waals surface area contributed by atoms with Crippen LogP contribution in [0.5, 0.6) is 0 Å². The number of nitrogens with zero attached hydrogens (tertiary/aromatic N) is 1. The molecular weight excluding hydrogens is 567 g/mol. The molecule has 0 aromatic carbocycles. The average molecular weight is 614 g/mol. The number of unbranched alkanes of at least 4 members (excludes halogenated alkanes) is 1. The standard InChI is InChI=1S/C33H47N3O4S2/c1-4-5-6-7-8-9-10-11-12-13-14-15-16-17-18-19-20-23-30(37)36-29(32(39)40)26-41-42-33(2,3)27-35-31(38)28-22-21-24-34-25-28/h5-6,8-9,11-12,14-15,17-18,21-22,24-25,29H,4,7,10,13,16,19-20,23,26-27H2,1-3H3,(H,35,38)(H,36,37)(H,39,40)/b6-5-,9-8-,12-11-,15-14-,18-17-. The molecule has 0 spiro atoms. The summed E-state index contributed by atoms with van der Waals surface area (Å²) in [5.41, 5.74) is 0.487. The highest BCUT2D eigenvalue weighted by atomic mass is 33.1. The summed E-state index contributed by atoms with van der Waals surface area (Å²) in [6, 6.07) is 2.43. The molecule has 0 fully saturated rings. The molecule has 0 aliphatic rings. The number of hydrogen-bond donors (Lipinski definition) is 3. The number of carboxylic acid groups (broad SMARTS) is 1. The van der Waals surface area contributed by atoms with Gasteiger partial charge in [0, 0.05) is 35.9 Å². The zero-order chi connectivity index (χ0) is 30.9. The maximum absolute atomic E-state index is 12.3. The van der Waals surface area contributed by atoms with E-state index in [1.165, 1.54) is 27.8 Å². The number of carbonyl (C=O) groups excluding carboxylic acids is 2. The van der Waals surface area contributed by atoms with E-state index in [4.69, 9.17) is 0 Å². The third-order valence-electron chi connectivity index (χ3n) is 5.68. The van der Waals surface area contributed by atoms with Crippen molar-refractivity contribution in [1.82, 2.24) is 15.6 Å². The predicted molar refractivity (Wildman–Crippen MR) is 179 cm³/mol. The van der Waals surface area contributed by atoms with Crippen LogP contribution in [-0.4, -0.2) is 51.0 Å². The Morgan fingerprint density at radius 3 is 2.10 bits per heavy atom. The molecule has 7 nitrogen and oxygen atoms in total. The van der Waals surface area contributed by atoms with Crippen LogP contribution in [0.4, 0.5) is 0 Å². The smallest absolute Gasteiger partial charge is 0.327 e. The van der Waals surface area contributed by atoms with E-state index in [0.29, 0.717) is 18.5 Å². The van der Waals surface area contributed by atoms with Gasteiger partial charge in [0.15, 0.2) is 0 Å². The van der Waals surface area contributed by atoms with E-state index in [0.717, 1.165) is 38.5 Å².